The zero-order chi connectivity index (χ0) is 15.1. The molecule has 2 unspecified atom stereocenters. The summed E-state index contributed by atoms with van der Waals surface area (Å²) in [7, 11) is -2.79. The summed E-state index contributed by atoms with van der Waals surface area (Å²) in [5.41, 5.74) is 0. The summed E-state index contributed by atoms with van der Waals surface area (Å²) in [5, 5.41) is 3.74. The van der Waals surface area contributed by atoms with Crippen molar-refractivity contribution >= 4 is 9.84 Å². The van der Waals surface area contributed by atoms with E-state index in [2.05, 4.69) is 17.1 Å². The van der Waals surface area contributed by atoms with Gasteiger partial charge in [-0.25, -0.2) is 8.42 Å². The molecule has 1 heterocycles. The van der Waals surface area contributed by atoms with E-state index in [9.17, 15) is 8.42 Å². The Hall–Kier alpha value is -0.130. The Bertz CT molecular complexity index is 397. The van der Waals surface area contributed by atoms with Gasteiger partial charge in [-0.2, -0.15) is 0 Å². The molecule has 0 aromatic heterocycles. The third-order valence-electron chi connectivity index (χ3n) is 4.96. The van der Waals surface area contributed by atoms with Crippen LogP contribution >= 0.6 is 0 Å². The maximum atomic E-state index is 11.7. The minimum Gasteiger partial charge on any atom is -0.314 e. The van der Waals surface area contributed by atoms with Gasteiger partial charge < -0.3 is 10.2 Å². The Morgan fingerprint density at radius 2 is 1.86 bits per heavy atom. The van der Waals surface area contributed by atoms with E-state index in [0.717, 1.165) is 32.6 Å². The largest absolute Gasteiger partial charge is 0.314 e. The topological polar surface area (TPSA) is 49.4 Å². The third kappa shape index (κ3) is 5.87. The zero-order valence-corrected chi connectivity index (χ0v) is 14.3. The van der Waals surface area contributed by atoms with Crippen LogP contribution in [0.4, 0.5) is 0 Å². The second kappa shape index (κ2) is 8.49. The molecule has 2 atom stereocenters. The average molecular weight is 317 g/mol. The van der Waals surface area contributed by atoms with Crippen molar-refractivity contribution in [3.05, 3.63) is 0 Å². The maximum absolute atomic E-state index is 11.7. The Kier molecular flexibility index (Phi) is 6.96. The highest BCUT2D eigenvalue weighted by Gasteiger charge is 2.27. The summed E-state index contributed by atoms with van der Waals surface area (Å²) in [4.78, 5) is 2.40. The van der Waals surface area contributed by atoms with Crippen molar-refractivity contribution in [2.75, 3.05) is 37.7 Å². The molecule has 2 aliphatic rings. The fourth-order valence-corrected chi connectivity index (χ4v) is 5.02. The molecule has 5 heteroatoms. The molecule has 2 fully saturated rings. The molecule has 1 saturated heterocycles. The van der Waals surface area contributed by atoms with Crippen molar-refractivity contribution in [1.82, 2.24) is 10.2 Å². The van der Waals surface area contributed by atoms with E-state index in [1.165, 1.54) is 38.5 Å². The van der Waals surface area contributed by atoms with Crippen LogP contribution in [0.3, 0.4) is 0 Å². The lowest BCUT2D eigenvalue weighted by molar-refractivity contribution is 0.204. The van der Waals surface area contributed by atoms with E-state index in [1.54, 1.807) is 0 Å². The predicted molar refractivity (Wildman–Crippen MR) is 88.4 cm³/mol. The molecule has 0 bridgehead atoms. The van der Waals surface area contributed by atoms with Crippen molar-refractivity contribution in [3.63, 3.8) is 0 Å². The van der Waals surface area contributed by atoms with Gasteiger partial charge in [0.2, 0.25) is 0 Å². The fraction of sp³-hybridized carbons (Fsp3) is 1.00. The molecule has 124 valence electrons. The van der Waals surface area contributed by atoms with Crippen molar-refractivity contribution in [3.8, 4) is 0 Å². The van der Waals surface area contributed by atoms with Gasteiger partial charge in [0.1, 0.15) is 0 Å². The van der Waals surface area contributed by atoms with E-state index in [-0.39, 0.29) is 0 Å². The van der Waals surface area contributed by atoms with Gasteiger partial charge in [-0.05, 0) is 44.7 Å². The number of hydrogen-bond acceptors (Lipinski definition) is 4. The first-order chi connectivity index (χ1) is 10.1. The van der Waals surface area contributed by atoms with Gasteiger partial charge >= 0.3 is 0 Å². The molecule has 0 spiro atoms. The molecule has 2 rings (SSSR count). The Morgan fingerprint density at radius 3 is 2.67 bits per heavy atom. The lowest BCUT2D eigenvalue weighted by Crippen LogP contribution is -2.43. The van der Waals surface area contributed by atoms with Crippen LogP contribution in [0.1, 0.15) is 51.9 Å². The summed E-state index contributed by atoms with van der Waals surface area (Å²) in [6, 6.07) is 0.632. The van der Waals surface area contributed by atoms with E-state index in [4.69, 9.17) is 0 Å². The second-order valence-corrected chi connectivity index (χ2v) is 9.07. The second-order valence-electron chi connectivity index (χ2n) is 6.76. The molecular weight excluding hydrogens is 284 g/mol. The monoisotopic (exact) mass is 316 g/mol. The highest BCUT2D eigenvalue weighted by atomic mass is 32.2. The highest BCUT2D eigenvalue weighted by molar-refractivity contribution is 7.91. The summed E-state index contributed by atoms with van der Waals surface area (Å²) >= 11 is 0. The van der Waals surface area contributed by atoms with Crippen molar-refractivity contribution < 1.29 is 8.42 Å². The van der Waals surface area contributed by atoms with Crippen LogP contribution in [-0.4, -0.2) is 57.0 Å². The lowest BCUT2D eigenvalue weighted by Gasteiger charge is -2.31. The van der Waals surface area contributed by atoms with Crippen LogP contribution < -0.4 is 5.32 Å². The molecule has 0 amide bonds. The van der Waals surface area contributed by atoms with Crippen LogP contribution in [0.2, 0.25) is 0 Å². The average Bonchev–Trinajstić information content (AvgIpc) is 2.76. The molecule has 1 N–H and O–H groups in total. The minimum atomic E-state index is -2.79. The molecule has 1 aliphatic carbocycles. The van der Waals surface area contributed by atoms with Crippen LogP contribution in [-0.2, 0) is 9.84 Å². The minimum absolute atomic E-state index is 0.354. The van der Waals surface area contributed by atoms with Gasteiger partial charge in [0.15, 0.2) is 9.84 Å². The first-order valence-electron chi connectivity index (χ1n) is 8.77. The Morgan fingerprint density at radius 1 is 1.05 bits per heavy atom. The fourth-order valence-electron chi connectivity index (χ4n) is 3.71. The summed E-state index contributed by atoms with van der Waals surface area (Å²) in [5.74, 6) is 1.43. The number of rotatable bonds is 5. The maximum Gasteiger partial charge on any atom is 0.151 e. The van der Waals surface area contributed by atoms with Crippen molar-refractivity contribution in [2.24, 2.45) is 5.92 Å². The van der Waals surface area contributed by atoms with Crippen LogP contribution in [0.5, 0.6) is 0 Å². The first kappa shape index (κ1) is 17.2. The number of hydrogen-bond donors (Lipinski definition) is 1. The normalized spacial score (nSPS) is 31.5. The zero-order valence-electron chi connectivity index (χ0n) is 13.5. The van der Waals surface area contributed by atoms with Gasteiger partial charge in [-0.3, -0.25) is 0 Å². The van der Waals surface area contributed by atoms with E-state index < -0.39 is 9.84 Å². The van der Waals surface area contributed by atoms with Gasteiger partial charge in [0, 0.05) is 19.1 Å². The summed E-state index contributed by atoms with van der Waals surface area (Å²) in [6.07, 6.45) is 8.61. The van der Waals surface area contributed by atoms with Gasteiger partial charge in [0.05, 0.1) is 11.5 Å². The lowest BCUT2D eigenvalue weighted by atomic mass is 9.93. The van der Waals surface area contributed by atoms with E-state index in [0.29, 0.717) is 23.5 Å². The van der Waals surface area contributed by atoms with E-state index >= 15 is 0 Å². The van der Waals surface area contributed by atoms with E-state index in [1.807, 2.05) is 0 Å². The standard InChI is InChI=1S/C16H32N2O2S/c1-2-9-17-16-8-5-3-4-7-15(16)14-18-10-6-12-21(19,20)13-11-18/h15-17H,2-14H2,1H3. The quantitative estimate of drug-likeness (QED) is 0.789. The molecule has 4 nitrogen and oxygen atoms in total. The van der Waals surface area contributed by atoms with Crippen LogP contribution in [0, 0.1) is 5.92 Å². The number of nitrogens with one attached hydrogen (secondary N) is 1. The van der Waals surface area contributed by atoms with Crippen LogP contribution in [0.25, 0.3) is 0 Å². The van der Waals surface area contributed by atoms with Crippen molar-refractivity contribution in [2.45, 2.75) is 57.9 Å². The van der Waals surface area contributed by atoms with Crippen LogP contribution in [0.15, 0.2) is 0 Å². The van der Waals surface area contributed by atoms with Crippen molar-refractivity contribution in [1.29, 1.82) is 0 Å². The molecule has 0 aromatic carbocycles. The molecule has 1 saturated carbocycles. The smallest absolute Gasteiger partial charge is 0.151 e. The molecule has 21 heavy (non-hydrogen) atoms. The first-order valence-corrected chi connectivity index (χ1v) is 10.6. The highest BCUT2D eigenvalue weighted by Crippen LogP contribution is 2.25. The Labute approximate surface area is 130 Å². The molecular formula is C16H32N2O2S. The predicted octanol–water partition coefficient (Wildman–Crippen LogP) is 2.06. The number of nitrogens with zero attached hydrogens (tertiary/aromatic N) is 1. The summed E-state index contributed by atoms with van der Waals surface area (Å²) < 4.78 is 23.5. The van der Waals surface area contributed by atoms with Gasteiger partial charge in [-0.15, -0.1) is 0 Å². The Balaban J connectivity index is 1.90. The summed E-state index contributed by atoms with van der Waals surface area (Å²) in [6.45, 7) is 6.10. The molecule has 1 aliphatic heterocycles. The number of sulfone groups is 1. The SMILES string of the molecule is CCCNC1CCCCCC1CN1CCCS(=O)(=O)CC1. The molecule has 0 radical (unpaired) electrons. The van der Waals surface area contributed by atoms with Gasteiger partial charge in [-0.1, -0.05) is 26.2 Å². The van der Waals surface area contributed by atoms with Gasteiger partial charge in [0.25, 0.3) is 0 Å². The molecule has 0 aromatic rings. The third-order valence-corrected chi connectivity index (χ3v) is 6.67.